The zero-order valence-electron chi connectivity index (χ0n) is 11.3. The molecule has 0 aliphatic rings. The standard InChI is InChI=1S/C15H22N2O/c1-3-18-11-9-16-8-10-17-13(2)12-14-6-4-5-7-15(14)17/h4-7,12,16H,3,8-11H2,1-2H3. The van der Waals surface area contributed by atoms with E-state index < -0.39 is 0 Å². The Morgan fingerprint density at radius 3 is 2.89 bits per heavy atom. The van der Waals surface area contributed by atoms with Gasteiger partial charge in [-0.15, -0.1) is 0 Å². The number of ether oxygens (including phenoxy) is 1. The van der Waals surface area contributed by atoms with Gasteiger partial charge in [-0.25, -0.2) is 0 Å². The molecule has 1 aromatic carbocycles. The molecule has 0 spiro atoms. The van der Waals surface area contributed by atoms with Gasteiger partial charge in [0.25, 0.3) is 0 Å². The number of rotatable bonds is 7. The highest BCUT2D eigenvalue weighted by Crippen LogP contribution is 2.18. The molecule has 0 saturated heterocycles. The van der Waals surface area contributed by atoms with Gasteiger partial charge in [0.05, 0.1) is 6.61 Å². The highest BCUT2D eigenvalue weighted by Gasteiger charge is 2.03. The Kier molecular flexibility index (Phi) is 4.79. The lowest BCUT2D eigenvalue weighted by Crippen LogP contribution is -2.24. The summed E-state index contributed by atoms with van der Waals surface area (Å²) < 4.78 is 7.66. The van der Waals surface area contributed by atoms with Crippen molar-refractivity contribution in [2.45, 2.75) is 20.4 Å². The molecule has 0 unspecified atom stereocenters. The van der Waals surface area contributed by atoms with E-state index in [0.717, 1.165) is 32.8 Å². The lowest BCUT2D eigenvalue weighted by molar-refractivity contribution is 0.149. The summed E-state index contributed by atoms with van der Waals surface area (Å²) in [5.74, 6) is 0. The van der Waals surface area contributed by atoms with Crippen molar-refractivity contribution in [2.75, 3.05) is 26.3 Å². The number of hydrogen-bond donors (Lipinski definition) is 1. The minimum absolute atomic E-state index is 0.794. The summed E-state index contributed by atoms with van der Waals surface area (Å²) in [6, 6.07) is 10.8. The second-order valence-electron chi connectivity index (χ2n) is 4.44. The molecular weight excluding hydrogens is 224 g/mol. The minimum atomic E-state index is 0.794. The zero-order chi connectivity index (χ0) is 12.8. The summed E-state index contributed by atoms with van der Waals surface area (Å²) in [6.07, 6.45) is 0. The van der Waals surface area contributed by atoms with Gasteiger partial charge in [0.1, 0.15) is 0 Å². The third-order valence-electron chi connectivity index (χ3n) is 3.16. The molecule has 2 rings (SSSR count). The normalized spacial score (nSPS) is 11.2. The van der Waals surface area contributed by atoms with Crippen LogP contribution in [0.5, 0.6) is 0 Å². The molecule has 0 bridgehead atoms. The number of aryl methyl sites for hydroxylation is 1. The topological polar surface area (TPSA) is 26.2 Å². The summed E-state index contributed by atoms with van der Waals surface area (Å²) in [6.45, 7) is 8.69. The number of benzene rings is 1. The van der Waals surface area contributed by atoms with Gasteiger partial charge in [0.2, 0.25) is 0 Å². The zero-order valence-corrected chi connectivity index (χ0v) is 11.3. The van der Waals surface area contributed by atoms with Gasteiger partial charge in [-0.2, -0.15) is 0 Å². The van der Waals surface area contributed by atoms with Crippen LogP contribution in [0.2, 0.25) is 0 Å². The first-order valence-electron chi connectivity index (χ1n) is 6.66. The highest BCUT2D eigenvalue weighted by molar-refractivity contribution is 5.81. The molecule has 18 heavy (non-hydrogen) atoms. The third kappa shape index (κ3) is 3.12. The quantitative estimate of drug-likeness (QED) is 0.760. The Hall–Kier alpha value is -1.32. The molecular formula is C15H22N2O. The molecule has 98 valence electrons. The maximum Gasteiger partial charge on any atom is 0.0590 e. The number of aromatic nitrogens is 1. The summed E-state index contributed by atoms with van der Waals surface area (Å²) in [5.41, 5.74) is 2.64. The average molecular weight is 246 g/mol. The third-order valence-corrected chi connectivity index (χ3v) is 3.16. The molecule has 2 aromatic rings. The number of fused-ring (bicyclic) bond motifs is 1. The van der Waals surface area contributed by atoms with Crippen LogP contribution >= 0.6 is 0 Å². The Morgan fingerprint density at radius 1 is 1.22 bits per heavy atom. The van der Waals surface area contributed by atoms with E-state index in [1.165, 1.54) is 16.6 Å². The van der Waals surface area contributed by atoms with Gasteiger partial charge in [-0.05, 0) is 31.4 Å². The van der Waals surface area contributed by atoms with Crippen LogP contribution in [0.25, 0.3) is 10.9 Å². The molecule has 1 N–H and O–H groups in total. The Morgan fingerprint density at radius 2 is 2.06 bits per heavy atom. The van der Waals surface area contributed by atoms with Crippen molar-refractivity contribution < 1.29 is 4.74 Å². The predicted octanol–water partition coefficient (Wildman–Crippen LogP) is 2.58. The van der Waals surface area contributed by atoms with Crippen LogP contribution < -0.4 is 5.32 Å². The Bertz CT molecular complexity index is 490. The molecule has 0 saturated carbocycles. The van der Waals surface area contributed by atoms with Gasteiger partial charge in [-0.1, -0.05) is 18.2 Å². The smallest absolute Gasteiger partial charge is 0.0590 e. The molecule has 0 fully saturated rings. The summed E-state index contributed by atoms with van der Waals surface area (Å²) in [7, 11) is 0. The molecule has 3 heteroatoms. The van der Waals surface area contributed by atoms with E-state index in [4.69, 9.17) is 4.74 Å². The lowest BCUT2D eigenvalue weighted by atomic mass is 10.2. The van der Waals surface area contributed by atoms with Crippen LogP contribution in [-0.4, -0.2) is 30.9 Å². The van der Waals surface area contributed by atoms with Crippen molar-refractivity contribution >= 4 is 10.9 Å². The van der Waals surface area contributed by atoms with E-state index in [0.29, 0.717) is 0 Å². The number of nitrogens with one attached hydrogen (secondary N) is 1. The lowest BCUT2D eigenvalue weighted by Gasteiger charge is -2.09. The first kappa shape index (κ1) is 13.1. The van der Waals surface area contributed by atoms with Gasteiger partial charge < -0.3 is 14.6 Å². The molecule has 0 amide bonds. The molecule has 0 radical (unpaired) electrons. The van der Waals surface area contributed by atoms with Crippen molar-refractivity contribution in [1.29, 1.82) is 0 Å². The van der Waals surface area contributed by atoms with Gasteiger partial charge >= 0.3 is 0 Å². The van der Waals surface area contributed by atoms with Crippen LogP contribution in [0.15, 0.2) is 30.3 Å². The molecule has 1 heterocycles. The van der Waals surface area contributed by atoms with Crippen LogP contribution in [0.3, 0.4) is 0 Å². The summed E-state index contributed by atoms with van der Waals surface area (Å²) in [5, 5.41) is 4.73. The predicted molar refractivity (Wildman–Crippen MR) is 76.0 cm³/mol. The summed E-state index contributed by atoms with van der Waals surface area (Å²) in [4.78, 5) is 0. The van der Waals surface area contributed by atoms with Crippen molar-refractivity contribution in [3.63, 3.8) is 0 Å². The SMILES string of the molecule is CCOCCNCCn1c(C)cc2ccccc21. The molecule has 3 nitrogen and oxygen atoms in total. The maximum absolute atomic E-state index is 5.30. The van der Waals surface area contributed by atoms with E-state index in [-0.39, 0.29) is 0 Å². The van der Waals surface area contributed by atoms with Crippen LogP contribution in [-0.2, 0) is 11.3 Å². The van der Waals surface area contributed by atoms with Crippen LogP contribution in [0.4, 0.5) is 0 Å². The van der Waals surface area contributed by atoms with E-state index in [1.54, 1.807) is 0 Å². The first-order valence-corrected chi connectivity index (χ1v) is 6.66. The first-order chi connectivity index (χ1) is 8.83. The second kappa shape index (κ2) is 6.57. The van der Waals surface area contributed by atoms with E-state index in [1.807, 2.05) is 6.92 Å². The van der Waals surface area contributed by atoms with E-state index in [2.05, 4.69) is 47.1 Å². The van der Waals surface area contributed by atoms with Gasteiger partial charge in [0.15, 0.2) is 0 Å². The van der Waals surface area contributed by atoms with Crippen molar-refractivity contribution in [3.05, 3.63) is 36.0 Å². The van der Waals surface area contributed by atoms with E-state index in [9.17, 15) is 0 Å². The van der Waals surface area contributed by atoms with Crippen LogP contribution in [0, 0.1) is 6.92 Å². The fourth-order valence-electron chi connectivity index (χ4n) is 2.25. The maximum atomic E-state index is 5.30. The number of para-hydroxylation sites is 1. The number of hydrogen-bond acceptors (Lipinski definition) is 2. The fraction of sp³-hybridized carbons (Fsp3) is 0.467. The largest absolute Gasteiger partial charge is 0.380 e. The Labute approximate surface area is 109 Å². The monoisotopic (exact) mass is 246 g/mol. The average Bonchev–Trinajstić information content (AvgIpc) is 2.70. The van der Waals surface area contributed by atoms with Crippen molar-refractivity contribution in [2.24, 2.45) is 0 Å². The fourth-order valence-corrected chi connectivity index (χ4v) is 2.25. The van der Waals surface area contributed by atoms with E-state index >= 15 is 0 Å². The Balaban J connectivity index is 1.89. The van der Waals surface area contributed by atoms with Crippen LogP contribution in [0.1, 0.15) is 12.6 Å². The van der Waals surface area contributed by atoms with Gasteiger partial charge in [-0.3, -0.25) is 0 Å². The van der Waals surface area contributed by atoms with Crippen molar-refractivity contribution in [3.8, 4) is 0 Å². The summed E-state index contributed by atoms with van der Waals surface area (Å²) >= 11 is 0. The van der Waals surface area contributed by atoms with Gasteiger partial charge in [0, 0.05) is 37.5 Å². The highest BCUT2D eigenvalue weighted by atomic mass is 16.5. The number of nitrogens with zero attached hydrogens (tertiary/aromatic N) is 1. The molecule has 0 aliphatic carbocycles. The molecule has 1 aromatic heterocycles. The molecule has 0 aliphatic heterocycles. The second-order valence-corrected chi connectivity index (χ2v) is 4.44. The van der Waals surface area contributed by atoms with Crippen molar-refractivity contribution in [1.82, 2.24) is 9.88 Å². The molecule has 0 atom stereocenters. The minimum Gasteiger partial charge on any atom is -0.380 e.